The van der Waals surface area contributed by atoms with Crippen molar-refractivity contribution in [3.63, 3.8) is 0 Å². The van der Waals surface area contributed by atoms with Crippen molar-refractivity contribution in [3.8, 4) is 0 Å². The molecule has 6 nitrogen and oxygen atoms in total. The first kappa shape index (κ1) is 12.2. The smallest absolute Gasteiger partial charge is 0.321 e. The predicted octanol–water partition coefficient (Wildman–Crippen LogP) is -1.46. The van der Waals surface area contributed by atoms with E-state index in [4.69, 9.17) is 21.7 Å². The first-order chi connectivity index (χ1) is 5.95. The third-order valence-electron chi connectivity index (χ3n) is 1.23. The van der Waals surface area contributed by atoms with Crippen molar-refractivity contribution in [2.75, 3.05) is 11.5 Å². The Hall–Kier alpha value is -0.790. The van der Waals surface area contributed by atoms with Crippen LogP contribution in [0.4, 0.5) is 0 Å². The lowest BCUT2D eigenvalue weighted by Gasteiger charge is -2.07. The summed E-state index contributed by atoms with van der Waals surface area (Å²) in [6.07, 6.45) is 0. The van der Waals surface area contributed by atoms with E-state index in [1.807, 2.05) is 0 Å². The molecular weight excluding hydrogens is 199 g/mol. The molecule has 0 bridgehead atoms. The molecule has 0 fully saturated rings. The Kier molecular flexibility index (Phi) is 5.44. The average Bonchev–Trinajstić information content (AvgIpc) is 2.03. The van der Waals surface area contributed by atoms with Crippen molar-refractivity contribution in [1.29, 1.82) is 0 Å². The number of carboxylic acid groups (broad SMARTS) is 2. The van der Waals surface area contributed by atoms with Crippen LogP contribution in [-0.2, 0) is 9.59 Å². The van der Waals surface area contributed by atoms with Crippen LogP contribution in [-0.4, -0.2) is 45.7 Å². The largest absolute Gasteiger partial charge is 0.480 e. The molecule has 0 heterocycles. The van der Waals surface area contributed by atoms with Crippen molar-refractivity contribution in [3.05, 3.63) is 0 Å². The molecule has 0 aromatic carbocycles. The van der Waals surface area contributed by atoms with Gasteiger partial charge in [-0.05, 0) is 0 Å². The molecule has 0 aliphatic rings. The first-order valence-electron chi connectivity index (χ1n) is 3.49. The van der Waals surface area contributed by atoms with Gasteiger partial charge in [-0.3, -0.25) is 9.59 Å². The van der Waals surface area contributed by atoms with Gasteiger partial charge in [0, 0.05) is 11.5 Å². The second-order valence-corrected chi connectivity index (χ2v) is 3.50. The van der Waals surface area contributed by atoms with E-state index in [0.29, 0.717) is 0 Å². The summed E-state index contributed by atoms with van der Waals surface area (Å²) < 4.78 is 0. The molecular formula is C6H12N2O4S. The fourth-order valence-electron chi connectivity index (χ4n) is 0.465. The third kappa shape index (κ3) is 5.45. The topological polar surface area (TPSA) is 127 Å². The number of nitrogens with two attached hydrogens (primary N) is 2. The van der Waals surface area contributed by atoms with Crippen LogP contribution < -0.4 is 11.5 Å². The van der Waals surface area contributed by atoms with Crippen molar-refractivity contribution < 1.29 is 19.8 Å². The summed E-state index contributed by atoms with van der Waals surface area (Å²) in [6.45, 7) is 0. The molecule has 6 N–H and O–H groups in total. The van der Waals surface area contributed by atoms with E-state index < -0.39 is 24.0 Å². The van der Waals surface area contributed by atoms with Crippen LogP contribution in [0.5, 0.6) is 0 Å². The van der Waals surface area contributed by atoms with Gasteiger partial charge in [-0.2, -0.15) is 11.8 Å². The highest BCUT2D eigenvalue weighted by atomic mass is 35.1. The SMILES string of the molecule is N[C@@H](C[35S]C[C@H](N)C(=O)O)C(=O)O. The zero-order valence-corrected chi connectivity index (χ0v) is 7.66. The molecule has 13 heavy (non-hydrogen) atoms. The lowest BCUT2D eigenvalue weighted by molar-refractivity contribution is -0.138. The van der Waals surface area contributed by atoms with Gasteiger partial charge in [0.05, 0.1) is 0 Å². The van der Waals surface area contributed by atoms with E-state index in [9.17, 15) is 9.59 Å². The summed E-state index contributed by atoms with van der Waals surface area (Å²) >= 11 is 1.11. The molecule has 0 saturated carbocycles. The Labute approximate surface area is 79.3 Å². The van der Waals surface area contributed by atoms with Crippen LogP contribution in [0.25, 0.3) is 0 Å². The maximum atomic E-state index is 10.2. The molecule has 0 amide bonds. The Bertz CT molecular complexity index is 179. The van der Waals surface area contributed by atoms with Crippen LogP contribution in [0.2, 0.25) is 0 Å². The normalized spacial score (nSPS) is 14.9. The minimum atomic E-state index is -1.10. The highest BCUT2D eigenvalue weighted by Gasteiger charge is 2.15. The molecule has 0 radical (unpaired) electrons. The van der Waals surface area contributed by atoms with Gasteiger partial charge in [0.1, 0.15) is 12.1 Å². The van der Waals surface area contributed by atoms with Crippen LogP contribution in [0.15, 0.2) is 0 Å². The van der Waals surface area contributed by atoms with Gasteiger partial charge < -0.3 is 21.7 Å². The molecule has 2 atom stereocenters. The monoisotopic (exact) mass is 211 g/mol. The average molecular weight is 211 g/mol. The van der Waals surface area contributed by atoms with Crippen molar-refractivity contribution >= 4 is 23.7 Å². The summed E-state index contributed by atoms with van der Waals surface area (Å²) in [6, 6.07) is -1.93. The van der Waals surface area contributed by atoms with Gasteiger partial charge in [0.25, 0.3) is 0 Å². The molecule has 0 unspecified atom stereocenters. The quantitative estimate of drug-likeness (QED) is 0.423. The van der Waals surface area contributed by atoms with E-state index >= 15 is 0 Å². The lowest BCUT2D eigenvalue weighted by Crippen LogP contribution is -2.36. The number of carboxylic acids is 2. The second-order valence-electron chi connectivity index (χ2n) is 2.43. The van der Waals surface area contributed by atoms with Crippen LogP contribution >= 0.6 is 11.8 Å². The van der Waals surface area contributed by atoms with Gasteiger partial charge in [-0.1, -0.05) is 0 Å². The number of hydrogen-bond acceptors (Lipinski definition) is 5. The standard InChI is InChI=1S/C6H12N2O4S/c7-3(5(9)10)1-13-2-4(8)6(11)12/h3-4H,1-2,7-8H2,(H,9,10)(H,11,12)/t3-,4-/m0/s1/i13+3. The van der Waals surface area contributed by atoms with Crippen molar-refractivity contribution in [1.82, 2.24) is 0 Å². The van der Waals surface area contributed by atoms with Crippen LogP contribution in [0.1, 0.15) is 0 Å². The zero-order valence-electron chi connectivity index (χ0n) is 6.84. The maximum absolute atomic E-state index is 10.2. The van der Waals surface area contributed by atoms with Crippen LogP contribution in [0, 0.1) is 0 Å². The summed E-state index contributed by atoms with van der Waals surface area (Å²) in [5.41, 5.74) is 10.3. The van der Waals surface area contributed by atoms with Gasteiger partial charge in [0.15, 0.2) is 0 Å². The highest BCUT2D eigenvalue weighted by Crippen LogP contribution is 2.03. The van der Waals surface area contributed by atoms with Crippen molar-refractivity contribution in [2.45, 2.75) is 12.1 Å². The lowest BCUT2D eigenvalue weighted by atomic mass is 10.4. The fraction of sp³-hybridized carbons (Fsp3) is 0.667. The van der Waals surface area contributed by atoms with E-state index in [1.54, 1.807) is 0 Å². The molecule has 76 valence electrons. The third-order valence-corrected chi connectivity index (χ3v) is 2.42. The van der Waals surface area contributed by atoms with Gasteiger partial charge in [-0.15, -0.1) is 0 Å². The molecule has 7 heteroatoms. The number of thioether (sulfide) groups is 1. The van der Waals surface area contributed by atoms with E-state index in [2.05, 4.69) is 0 Å². The van der Waals surface area contributed by atoms with Crippen molar-refractivity contribution in [2.24, 2.45) is 11.5 Å². The van der Waals surface area contributed by atoms with E-state index in [1.165, 1.54) is 0 Å². The number of hydrogen-bond donors (Lipinski definition) is 4. The van der Waals surface area contributed by atoms with E-state index in [0.717, 1.165) is 11.8 Å². The molecule has 0 aliphatic heterocycles. The Morgan fingerprint density at radius 2 is 1.38 bits per heavy atom. The maximum Gasteiger partial charge on any atom is 0.321 e. The Morgan fingerprint density at radius 1 is 1.08 bits per heavy atom. The molecule has 0 aromatic rings. The predicted molar refractivity (Wildman–Crippen MR) is 48.5 cm³/mol. The first-order valence-corrected chi connectivity index (χ1v) is 4.65. The second kappa shape index (κ2) is 5.79. The van der Waals surface area contributed by atoms with E-state index in [-0.39, 0.29) is 11.5 Å². The minimum absolute atomic E-state index is 0.163. The highest BCUT2D eigenvalue weighted by molar-refractivity contribution is 7.99. The number of carbonyl (C=O) groups is 2. The van der Waals surface area contributed by atoms with Gasteiger partial charge in [-0.25, -0.2) is 0 Å². The van der Waals surface area contributed by atoms with Crippen LogP contribution in [0.3, 0.4) is 0 Å². The molecule has 0 aliphatic carbocycles. The minimum Gasteiger partial charge on any atom is -0.480 e. The fourth-order valence-corrected chi connectivity index (χ4v) is 1.39. The van der Waals surface area contributed by atoms with Gasteiger partial charge in [0.2, 0.25) is 0 Å². The molecule has 0 spiro atoms. The Balaban J connectivity index is 3.56. The summed E-state index contributed by atoms with van der Waals surface area (Å²) in [5, 5.41) is 16.7. The zero-order chi connectivity index (χ0) is 10.4. The van der Waals surface area contributed by atoms with Gasteiger partial charge >= 0.3 is 11.9 Å². The molecule has 0 saturated heterocycles. The molecule has 0 rings (SSSR count). The summed E-state index contributed by atoms with van der Waals surface area (Å²) in [7, 11) is 0. The summed E-state index contributed by atoms with van der Waals surface area (Å²) in [5.74, 6) is -1.88. The summed E-state index contributed by atoms with van der Waals surface area (Å²) in [4.78, 5) is 20.4. The molecule has 0 aromatic heterocycles. The Morgan fingerprint density at radius 3 is 1.62 bits per heavy atom. The number of aliphatic carboxylic acids is 2. The number of rotatable bonds is 6.